The van der Waals surface area contributed by atoms with E-state index >= 15 is 0 Å². The highest BCUT2D eigenvalue weighted by Gasteiger charge is 2.39. The van der Waals surface area contributed by atoms with E-state index in [4.69, 9.17) is 23.6 Å². The van der Waals surface area contributed by atoms with Crippen LogP contribution in [0.4, 0.5) is 0 Å². The quantitative estimate of drug-likeness (QED) is 0.218. The summed E-state index contributed by atoms with van der Waals surface area (Å²) in [5.41, 5.74) is 5.59. The minimum absolute atomic E-state index is 0.0488. The van der Waals surface area contributed by atoms with Crippen molar-refractivity contribution in [1.29, 1.82) is 0 Å². The summed E-state index contributed by atoms with van der Waals surface area (Å²) in [6.07, 6.45) is 0.587. The van der Waals surface area contributed by atoms with Gasteiger partial charge in [0.2, 0.25) is 0 Å². The standard InChI is InChI=1S/C9H24N2O6SSi/c1-5-9(10,18(12,13)14)11-7-6-8-19(15-2,16-3)17-4/h11H,5-8,10H2,1-4H3,(H,12,13,14). The van der Waals surface area contributed by atoms with Crippen LogP contribution in [0.3, 0.4) is 0 Å². The molecule has 0 spiro atoms. The summed E-state index contributed by atoms with van der Waals surface area (Å²) < 4.78 is 47.0. The van der Waals surface area contributed by atoms with Gasteiger partial charge in [-0.1, -0.05) is 6.92 Å². The minimum Gasteiger partial charge on any atom is -0.377 e. The molecule has 0 aromatic heterocycles. The summed E-state index contributed by atoms with van der Waals surface area (Å²) in [4.78, 5) is -1.83. The molecular weight excluding hydrogens is 292 g/mol. The Morgan fingerprint density at radius 2 is 1.74 bits per heavy atom. The fraction of sp³-hybridized carbons (Fsp3) is 1.00. The van der Waals surface area contributed by atoms with Crippen molar-refractivity contribution < 1.29 is 26.2 Å². The largest absolute Gasteiger partial charge is 0.500 e. The lowest BCUT2D eigenvalue weighted by Gasteiger charge is -2.27. The Bertz CT molecular complexity index is 353. The van der Waals surface area contributed by atoms with E-state index in [-0.39, 0.29) is 13.0 Å². The highest BCUT2D eigenvalue weighted by Crippen LogP contribution is 2.15. The molecule has 8 nitrogen and oxygen atoms in total. The summed E-state index contributed by atoms with van der Waals surface area (Å²) in [6.45, 7) is 1.86. The fourth-order valence-corrected chi connectivity index (χ4v) is 3.93. The van der Waals surface area contributed by atoms with Crippen molar-refractivity contribution in [3.8, 4) is 0 Å². The number of nitrogens with two attached hydrogens (primary N) is 1. The van der Waals surface area contributed by atoms with Crippen molar-refractivity contribution in [3.63, 3.8) is 0 Å². The average Bonchev–Trinajstić information content (AvgIpc) is 2.38. The van der Waals surface area contributed by atoms with Crippen LogP contribution in [0, 0.1) is 0 Å². The zero-order valence-corrected chi connectivity index (χ0v) is 13.6. The Labute approximate surface area is 115 Å². The molecule has 0 aromatic carbocycles. The van der Waals surface area contributed by atoms with Gasteiger partial charge in [-0.25, -0.2) is 0 Å². The molecule has 0 amide bonds. The SMILES string of the molecule is CCC(N)(NCCC[Si](OC)(OC)OC)S(=O)(=O)O. The van der Waals surface area contributed by atoms with Crippen LogP contribution < -0.4 is 11.1 Å². The van der Waals surface area contributed by atoms with Crippen LogP contribution in [0.25, 0.3) is 0 Å². The summed E-state index contributed by atoms with van der Waals surface area (Å²) in [6, 6.07) is 0.509. The average molecular weight is 316 g/mol. The first-order chi connectivity index (χ1) is 8.70. The predicted octanol–water partition coefficient (Wildman–Crippen LogP) is -0.245. The second-order valence-electron chi connectivity index (χ2n) is 4.04. The second-order valence-corrected chi connectivity index (χ2v) is 8.81. The van der Waals surface area contributed by atoms with Gasteiger partial charge in [0.1, 0.15) is 0 Å². The molecule has 1 atom stereocenters. The van der Waals surface area contributed by atoms with Crippen molar-refractivity contribution >= 4 is 18.9 Å². The molecule has 10 heteroatoms. The first-order valence-corrected chi connectivity index (χ1v) is 9.24. The van der Waals surface area contributed by atoms with Gasteiger partial charge in [0.15, 0.2) is 4.99 Å². The van der Waals surface area contributed by atoms with Crippen LogP contribution in [0.1, 0.15) is 19.8 Å². The second kappa shape index (κ2) is 7.64. The maximum atomic E-state index is 11.1. The Balaban J connectivity index is 4.38. The summed E-state index contributed by atoms with van der Waals surface area (Å²) in [5, 5.41) is 2.63. The normalized spacial score (nSPS) is 16.3. The third-order valence-corrected chi connectivity index (χ3v) is 7.19. The molecule has 0 aliphatic rings. The predicted molar refractivity (Wildman–Crippen MR) is 73.0 cm³/mol. The molecule has 19 heavy (non-hydrogen) atoms. The van der Waals surface area contributed by atoms with E-state index in [1.54, 1.807) is 6.92 Å². The van der Waals surface area contributed by atoms with Gasteiger partial charge in [0, 0.05) is 27.4 Å². The van der Waals surface area contributed by atoms with Crippen LogP contribution in [0.15, 0.2) is 0 Å². The molecule has 0 saturated heterocycles. The van der Waals surface area contributed by atoms with Crippen molar-refractivity contribution in [2.24, 2.45) is 5.73 Å². The van der Waals surface area contributed by atoms with Crippen molar-refractivity contribution in [2.75, 3.05) is 27.9 Å². The molecule has 0 rings (SSSR count). The van der Waals surface area contributed by atoms with Gasteiger partial charge in [0.05, 0.1) is 0 Å². The van der Waals surface area contributed by atoms with E-state index in [9.17, 15) is 8.42 Å². The summed E-state index contributed by atoms with van der Waals surface area (Å²) in [5.74, 6) is 0. The Kier molecular flexibility index (Phi) is 7.61. The number of rotatable bonds is 10. The van der Waals surface area contributed by atoms with Gasteiger partial charge < -0.3 is 13.3 Å². The fourth-order valence-electron chi connectivity index (χ4n) is 1.56. The van der Waals surface area contributed by atoms with E-state index in [1.807, 2.05) is 0 Å². The van der Waals surface area contributed by atoms with Crippen LogP contribution >= 0.6 is 0 Å². The van der Waals surface area contributed by atoms with Crippen molar-refractivity contribution in [3.05, 3.63) is 0 Å². The highest BCUT2D eigenvalue weighted by atomic mass is 32.2. The zero-order chi connectivity index (χ0) is 15.2. The lowest BCUT2D eigenvalue weighted by Crippen LogP contribution is -2.59. The molecule has 0 aliphatic carbocycles. The first-order valence-electron chi connectivity index (χ1n) is 5.86. The monoisotopic (exact) mass is 316 g/mol. The Morgan fingerprint density at radius 3 is 2.05 bits per heavy atom. The van der Waals surface area contributed by atoms with Crippen LogP contribution in [-0.4, -0.2) is 54.6 Å². The van der Waals surface area contributed by atoms with Crippen LogP contribution in [0.5, 0.6) is 0 Å². The van der Waals surface area contributed by atoms with Gasteiger partial charge in [-0.3, -0.25) is 15.6 Å². The number of hydrogen-bond acceptors (Lipinski definition) is 7. The highest BCUT2D eigenvalue weighted by molar-refractivity contribution is 7.87. The lowest BCUT2D eigenvalue weighted by molar-refractivity contribution is 0.123. The van der Waals surface area contributed by atoms with Crippen LogP contribution in [-0.2, 0) is 23.4 Å². The van der Waals surface area contributed by atoms with Crippen molar-refractivity contribution in [1.82, 2.24) is 5.32 Å². The van der Waals surface area contributed by atoms with E-state index < -0.39 is 23.9 Å². The number of nitrogens with one attached hydrogen (secondary N) is 1. The van der Waals surface area contributed by atoms with E-state index in [0.717, 1.165) is 0 Å². The van der Waals surface area contributed by atoms with Gasteiger partial charge in [-0.15, -0.1) is 0 Å². The lowest BCUT2D eigenvalue weighted by atomic mass is 10.3. The molecule has 0 aromatic rings. The Hall–Kier alpha value is -0.0731. The smallest absolute Gasteiger partial charge is 0.377 e. The third kappa shape index (κ3) is 5.08. The first kappa shape index (κ1) is 18.9. The summed E-state index contributed by atoms with van der Waals surface area (Å²) >= 11 is 0. The topological polar surface area (TPSA) is 120 Å². The molecular formula is C9H24N2O6SSi. The minimum atomic E-state index is -4.36. The van der Waals surface area contributed by atoms with Crippen molar-refractivity contribution in [2.45, 2.75) is 30.8 Å². The summed E-state index contributed by atoms with van der Waals surface area (Å²) in [7, 11) is -2.51. The molecule has 4 N–H and O–H groups in total. The van der Waals surface area contributed by atoms with Gasteiger partial charge in [-0.05, 0) is 19.4 Å². The zero-order valence-electron chi connectivity index (χ0n) is 11.8. The third-order valence-electron chi connectivity index (χ3n) is 3.00. The van der Waals surface area contributed by atoms with E-state index in [1.165, 1.54) is 21.3 Å². The van der Waals surface area contributed by atoms with Gasteiger partial charge in [-0.2, -0.15) is 8.42 Å². The van der Waals surface area contributed by atoms with Gasteiger partial charge >= 0.3 is 8.80 Å². The molecule has 116 valence electrons. The molecule has 0 heterocycles. The molecule has 0 bridgehead atoms. The Morgan fingerprint density at radius 1 is 1.26 bits per heavy atom. The van der Waals surface area contributed by atoms with E-state index in [2.05, 4.69) is 5.32 Å². The number of hydrogen-bond donors (Lipinski definition) is 3. The maximum absolute atomic E-state index is 11.1. The molecule has 0 radical (unpaired) electrons. The molecule has 1 unspecified atom stereocenters. The van der Waals surface area contributed by atoms with Gasteiger partial charge in [0.25, 0.3) is 10.1 Å². The molecule has 0 aliphatic heterocycles. The van der Waals surface area contributed by atoms with Crippen LogP contribution in [0.2, 0.25) is 6.04 Å². The molecule has 0 saturated carbocycles. The maximum Gasteiger partial charge on any atom is 0.500 e. The van der Waals surface area contributed by atoms with E-state index in [0.29, 0.717) is 12.5 Å². The molecule has 0 fully saturated rings.